The van der Waals surface area contributed by atoms with Gasteiger partial charge in [-0.3, -0.25) is 0 Å². The molecule has 0 atom stereocenters. The minimum Gasteiger partial charge on any atom is -1.00 e. The van der Waals surface area contributed by atoms with Crippen LogP contribution in [-0.4, -0.2) is 78.6 Å². The number of sulfonamides is 3. The first kappa shape index (κ1) is 55.7. The molecular weight excluding hydrogens is 960 g/mol. The molecule has 8 bridgehead atoms. The molecule has 0 heterocycles. The number of halogens is 15. The molecule has 0 aromatic heterocycles. The van der Waals surface area contributed by atoms with Gasteiger partial charge in [-0.1, -0.05) is 3.89 Å². The van der Waals surface area contributed by atoms with E-state index in [1.165, 1.54) is 0 Å². The van der Waals surface area contributed by atoms with Crippen LogP contribution in [0.15, 0.2) is 0 Å². The van der Waals surface area contributed by atoms with Crippen molar-refractivity contribution in [2.45, 2.75) is 122 Å². The van der Waals surface area contributed by atoms with Crippen molar-refractivity contribution in [2.75, 3.05) is 0 Å². The Morgan fingerprint density at radius 3 is 0.915 bits per heavy atom. The third-order valence-electron chi connectivity index (χ3n) is 10.8. The van der Waals surface area contributed by atoms with Crippen LogP contribution in [0.2, 0.25) is 0 Å². The molecule has 8 saturated carbocycles. The van der Waals surface area contributed by atoms with E-state index < -0.39 is 85.2 Å². The fourth-order valence-electron chi connectivity index (χ4n) is 9.49. The number of nitrogens with zero attached hydrogens (tertiary/aromatic N) is 1. The Balaban J connectivity index is 0.000000499. The van der Waals surface area contributed by atoms with Gasteiger partial charge in [0.15, 0.2) is 20.0 Å². The van der Waals surface area contributed by atoms with Gasteiger partial charge in [0.1, 0.15) is 0 Å². The van der Waals surface area contributed by atoms with E-state index >= 15 is 0 Å². The molecule has 0 aliphatic heterocycles. The van der Waals surface area contributed by atoms with Gasteiger partial charge in [-0.05, 0) is 113 Å². The van der Waals surface area contributed by atoms with E-state index in [-0.39, 0.29) is 135 Å². The van der Waals surface area contributed by atoms with Gasteiger partial charge in [0.25, 0.3) is 0 Å². The predicted molar refractivity (Wildman–Crippen MR) is 161 cm³/mol. The van der Waals surface area contributed by atoms with Crippen molar-refractivity contribution in [2.24, 2.45) is 40.6 Å². The maximum Gasteiger partial charge on any atom is 1.00 e. The second kappa shape index (κ2) is 17.4. The maximum atomic E-state index is 14.2. The number of hydrogen-bond donors (Lipinski definition) is 1. The van der Waals surface area contributed by atoms with Gasteiger partial charge in [-0.2, -0.15) is 69.9 Å². The predicted octanol–water partition coefficient (Wildman–Crippen LogP) is 1.08. The topological polar surface area (TPSA) is 195 Å². The van der Waals surface area contributed by atoms with Crippen molar-refractivity contribution in [3.8, 4) is 0 Å². The van der Waals surface area contributed by atoms with E-state index in [2.05, 4.69) is 14.6 Å². The summed E-state index contributed by atoms with van der Waals surface area (Å²) in [5, 5.41) is -8.53. The van der Waals surface area contributed by atoms with E-state index in [4.69, 9.17) is 0 Å². The van der Waals surface area contributed by atoms with Gasteiger partial charge in [0.2, 0.25) is 0 Å². The number of nitrogens with two attached hydrogens (primary N) is 1. The van der Waals surface area contributed by atoms with Crippen LogP contribution in [0.25, 0.3) is 4.13 Å². The Labute approximate surface area is 373 Å². The second-order valence-corrected chi connectivity index (χ2v) is 21.8. The minimum atomic E-state index is -7.13. The monoisotopic (exact) mass is 992 g/mol. The molecule has 0 saturated heterocycles. The number of alkyl halides is 14. The fraction of sp³-hybridized carbons (Fsp3) is 1.00. The first-order valence-electron chi connectivity index (χ1n) is 16.3. The van der Waals surface area contributed by atoms with Crippen LogP contribution in [0.3, 0.4) is 0 Å². The fourth-order valence-corrected chi connectivity index (χ4v) is 11.9. The number of hydrogen-bond acceptors (Lipinski definition) is 10. The van der Waals surface area contributed by atoms with E-state index in [1.807, 2.05) is 0 Å². The first-order chi connectivity index (χ1) is 25.1. The third-order valence-corrected chi connectivity index (χ3v) is 15.3. The molecule has 8 rings (SSSR count). The zero-order valence-electron chi connectivity index (χ0n) is 31.4. The minimum absolute atomic E-state index is 0. The summed E-state index contributed by atoms with van der Waals surface area (Å²) >= 11 is 0. The molecule has 0 aromatic carbocycles. The molecule has 59 heavy (non-hydrogen) atoms. The molecule has 338 valence electrons. The van der Waals surface area contributed by atoms with Gasteiger partial charge >= 0.3 is 113 Å². The molecule has 12 nitrogen and oxygen atoms in total. The van der Waals surface area contributed by atoms with Crippen LogP contribution in [0.4, 0.5) is 65.4 Å². The third kappa shape index (κ3) is 11.7. The Kier molecular flexibility index (Phi) is 16.5. The normalized spacial score (nSPS) is 32.2. The van der Waals surface area contributed by atoms with Crippen LogP contribution >= 0.6 is 0 Å². The molecule has 0 unspecified atom stereocenters. The summed E-state index contributed by atoms with van der Waals surface area (Å²) in [5.74, 6) is 0.265. The van der Waals surface area contributed by atoms with Crippen molar-refractivity contribution >= 4 is 40.3 Å². The molecule has 8 fully saturated rings. The summed E-state index contributed by atoms with van der Waals surface area (Å²) in [7, 11) is -26.2. The molecule has 8 aliphatic carbocycles. The molecule has 33 heteroatoms. The zero-order valence-corrected chi connectivity index (χ0v) is 37.6. The molecule has 0 amide bonds. The SMILES string of the molecule is NS(=O)(=O)C(F)(F)F.O=S(=O)(F)C(F)(F)C(F)(F)OC12CC3CC(CC(C3)C1)C2.O=S(=O)([N-]S(=O)(=O)C(F)(F)C(F)(F)OC12CC3CC(CC(C3)C1)C2)C(F)(F)F.[H-].[Na+].[Na+]. The van der Waals surface area contributed by atoms with Crippen molar-refractivity contribution in [1.29, 1.82) is 0 Å². The molecule has 0 aromatic rings. The van der Waals surface area contributed by atoms with Gasteiger partial charge in [0.05, 0.1) is 11.2 Å². The number of ether oxygens (including phenoxy) is 2. The van der Waals surface area contributed by atoms with Crippen LogP contribution in [-0.2, 0) is 49.8 Å². The van der Waals surface area contributed by atoms with Gasteiger partial charge < -0.3 is 15.0 Å². The molecule has 0 radical (unpaired) electrons. The average Bonchev–Trinajstić information content (AvgIpc) is 2.92. The molecule has 0 spiro atoms. The Morgan fingerprint density at radius 1 is 0.475 bits per heavy atom. The smallest absolute Gasteiger partial charge is 1.00 e. The van der Waals surface area contributed by atoms with Gasteiger partial charge in [0, 0.05) is 0 Å². The Morgan fingerprint density at radius 2 is 0.712 bits per heavy atom. The Bertz CT molecular complexity index is 1920. The van der Waals surface area contributed by atoms with Gasteiger partial charge in [-0.15, -0.1) is 0 Å². The van der Waals surface area contributed by atoms with Crippen LogP contribution in [0.1, 0.15) is 78.5 Å². The van der Waals surface area contributed by atoms with Crippen molar-refractivity contribution < 1.29 is 169 Å². The number of rotatable bonds is 10. The quantitative estimate of drug-likeness (QED) is 0.188. The average molecular weight is 993 g/mol. The van der Waals surface area contributed by atoms with Crippen molar-refractivity contribution in [1.82, 2.24) is 0 Å². The summed E-state index contributed by atoms with van der Waals surface area (Å²) in [4.78, 5) is 0. The summed E-state index contributed by atoms with van der Waals surface area (Å²) in [6, 6.07) is 0. The summed E-state index contributed by atoms with van der Waals surface area (Å²) < 4.78 is 285. The summed E-state index contributed by atoms with van der Waals surface area (Å²) in [6.07, 6.45) is -5.83. The molecule has 8 aliphatic rings. The maximum absolute atomic E-state index is 14.2. The Hall–Kier alpha value is 0.590. The second-order valence-electron chi connectivity index (χ2n) is 15.4. The zero-order chi connectivity index (χ0) is 44.1. The van der Waals surface area contributed by atoms with E-state index in [0.29, 0.717) is 19.3 Å². The van der Waals surface area contributed by atoms with E-state index in [0.717, 1.165) is 23.4 Å². The largest absolute Gasteiger partial charge is 1.00 e. The standard InChI is InChI=1S/C13H15F7NO5S2.C12H15F5O3S.CH2F3NO2S.2Na.H/c14-11(15,12(16,17)27(22,23)21-28(24,25)13(18,19)20)26-10-4-7-1-8(5-10)3-9(2-7)6-10;13-11(14,12(15,16)21(17,18)19)20-10-4-7-1-8(5-10)3-9(2-7)6-10;2-1(3,4)8(5,6)7;;;/h7-9H,1-6H2;7-9H,1-6H2;(H2,5,6,7);;;/q-1;;;2*+1;-1. The summed E-state index contributed by atoms with van der Waals surface area (Å²) in [5.41, 5.74) is -14.9. The van der Waals surface area contributed by atoms with Crippen LogP contribution in [0.5, 0.6) is 0 Å². The van der Waals surface area contributed by atoms with E-state index in [9.17, 15) is 99.0 Å². The van der Waals surface area contributed by atoms with Crippen molar-refractivity contribution in [3.63, 3.8) is 0 Å². The number of primary sulfonamides is 1. The van der Waals surface area contributed by atoms with E-state index in [1.54, 1.807) is 0 Å². The van der Waals surface area contributed by atoms with Crippen LogP contribution < -0.4 is 64.3 Å². The summed E-state index contributed by atoms with van der Waals surface area (Å²) in [6.45, 7) is 0. The molecule has 2 N–H and O–H groups in total. The van der Waals surface area contributed by atoms with Crippen molar-refractivity contribution in [3.05, 3.63) is 4.13 Å². The van der Waals surface area contributed by atoms with Crippen LogP contribution in [0, 0.1) is 35.5 Å². The first-order valence-corrected chi connectivity index (χ1v) is 22.1. The van der Waals surface area contributed by atoms with Gasteiger partial charge in [-0.25, -0.2) is 30.4 Å². The molecular formula is C26H33F15N2Na2O10S4.